The van der Waals surface area contributed by atoms with E-state index >= 15 is 0 Å². The zero-order chi connectivity index (χ0) is 27.3. The van der Waals surface area contributed by atoms with E-state index in [0.29, 0.717) is 22.9 Å². The van der Waals surface area contributed by atoms with Gasteiger partial charge >= 0.3 is 5.97 Å². The summed E-state index contributed by atoms with van der Waals surface area (Å²) in [4.78, 5) is 17.7. The third-order valence-electron chi connectivity index (χ3n) is 5.72. The molecule has 2 aromatic carbocycles. The van der Waals surface area contributed by atoms with Crippen LogP contribution in [0, 0.1) is 18.3 Å². The number of carbonyl (C=O) groups is 1. The van der Waals surface area contributed by atoms with Crippen molar-refractivity contribution in [3.63, 3.8) is 0 Å². The number of pyridine rings is 1. The molecule has 3 rings (SSSR count). The molecule has 0 fully saturated rings. The second-order valence-electron chi connectivity index (χ2n) is 9.29. The number of rotatable bonds is 14. The summed E-state index contributed by atoms with van der Waals surface area (Å²) in [6.07, 6.45) is 2.02. The maximum atomic E-state index is 12.9. The number of nitriles is 1. The van der Waals surface area contributed by atoms with Crippen molar-refractivity contribution >= 4 is 29.5 Å². The van der Waals surface area contributed by atoms with Crippen molar-refractivity contribution in [2.45, 2.75) is 57.8 Å². The molecule has 0 saturated carbocycles. The van der Waals surface area contributed by atoms with E-state index in [2.05, 4.69) is 13.0 Å². The average Bonchev–Trinajstić information content (AvgIpc) is 2.93. The van der Waals surface area contributed by atoms with E-state index in [1.54, 1.807) is 11.8 Å². The van der Waals surface area contributed by atoms with Crippen molar-refractivity contribution in [1.29, 1.82) is 5.26 Å². The highest BCUT2D eigenvalue weighted by atomic mass is 32.2. The molecule has 0 N–H and O–H groups in total. The molecule has 7 heteroatoms. The lowest BCUT2D eigenvalue weighted by Gasteiger charge is -2.19. The predicted molar refractivity (Wildman–Crippen MR) is 158 cm³/mol. The van der Waals surface area contributed by atoms with E-state index in [1.165, 1.54) is 11.8 Å². The van der Waals surface area contributed by atoms with Gasteiger partial charge in [-0.05, 0) is 44.6 Å². The quantitative estimate of drug-likeness (QED) is 0.117. The number of carbonyl (C=O) groups excluding carboxylic acids is 1. The first kappa shape index (κ1) is 29.8. The minimum absolute atomic E-state index is 0.0606. The van der Waals surface area contributed by atoms with Crippen LogP contribution in [0.5, 0.6) is 0 Å². The highest BCUT2D eigenvalue weighted by Crippen LogP contribution is 2.34. The fourth-order valence-electron chi connectivity index (χ4n) is 3.68. The molecule has 5 nitrogen and oxygen atoms in total. The van der Waals surface area contributed by atoms with E-state index in [9.17, 15) is 10.1 Å². The maximum Gasteiger partial charge on any atom is 0.316 e. The lowest BCUT2D eigenvalue weighted by molar-refractivity contribution is -0.148. The van der Waals surface area contributed by atoms with Crippen LogP contribution in [0.3, 0.4) is 0 Å². The molecule has 0 radical (unpaired) electrons. The summed E-state index contributed by atoms with van der Waals surface area (Å²) in [5.41, 5.74) is 5.06. The Morgan fingerprint density at radius 2 is 1.82 bits per heavy atom. The van der Waals surface area contributed by atoms with Crippen molar-refractivity contribution in [3.05, 3.63) is 71.8 Å². The monoisotopic (exact) mass is 548 g/mol. The normalized spacial score (nSPS) is 11.8. The Morgan fingerprint density at radius 1 is 1.08 bits per heavy atom. The topological polar surface area (TPSA) is 72.2 Å². The second-order valence-corrected chi connectivity index (χ2v) is 11.4. The van der Waals surface area contributed by atoms with Crippen molar-refractivity contribution in [3.8, 4) is 28.5 Å². The third kappa shape index (κ3) is 9.20. The van der Waals surface area contributed by atoms with Crippen molar-refractivity contribution in [2.75, 3.05) is 23.9 Å². The summed E-state index contributed by atoms with van der Waals surface area (Å²) in [6.45, 7) is 8.52. The highest BCUT2D eigenvalue weighted by Gasteiger charge is 2.20. The van der Waals surface area contributed by atoms with Gasteiger partial charge in [0.05, 0.1) is 29.7 Å². The number of hydrogen-bond donors (Lipinski definition) is 0. The molecule has 0 aliphatic rings. The molecule has 3 aromatic rings. The summed E-state index contributed by atoms with van der Waals surface area (Å²) in [6, 6.07) is 22.2. The summed E-state index contributed by atoms with van der Waals surface area (Å²) in [5, 5.41) is 10.6. The molecule has 0 saturated heterocycles. The number of aromatic nitrogens is 1. The molecular formula is C31H36N2O3S2. The average molecular weight is 549 g/mol. The number of nitrogens with zero attached hydrogens (tertiary/aromatic N) is 2. The summed E-state index contributed by atoms with van der Waals surface area (Å²) < 4.78 is 11.5. The highest BCUT2D eigenvalue weighted by molar-refractivity contribution is 8.00. The summed E-state index contributed by atoms with van der Waals surface area (Å²) in [7, 11) is 0. The van der Waals surface area contributed by atoms with Crippen LogP contribution in [0.4, 0.5) is 0 Å². The number of ether oxygens (including phenoxy) is 2. The van der Waals surface area contributed by atoms with Gasteiger partial charge in [-0.1, -0.05) is 85.3 Å². The van der Waals surface area contributed by atoms with Crippen molar-refractivity contribution < 1.29 is 14.3 Å². The van der Waals surface area contributed by atoms with E-state index in [0.717, 1.165) is 46.5 Å². The molecular weight excluding hydrogens is 512 g/mol. The molecule has 200 valence electrons. The van der Waals surface area contributed by atoms with Crippen molar-refractivity contribution in [2.24, 2.45) is 0 Å². The lowest BCUT2D eigenvalue weighted by atomic mass is 9.99. The van der Waals surface area contributed by atoms with Crippen molar-refractivity contribution in [1.82, 2.24) is 4.98 Å². The van der Waals surface area contributed by atoms with Crippen LogP contribution in [0.1, 0.15) is 44.7 Å². The Kier molecular flexibility index (Phi) is 12.2. The number of hydrogen-bond acceptors (Lipinski definition) is 7. The van der Waals surface area contributed by atoms with Gasteiger partial charge in [0.25, 0.3) is 0 Å². The molecule has 0 spiro atoms. The zero-order valence-corrected chi connectivity index (χ0v) is 24.2. The van der Waals surface area contributed by atoms with Gasteiger partial charge in [-0.2, -0.15) is 17.0 Å². The standard InChI is InChI=1S/C31H36N2O3S2/c1-5-6-16-37-20-26(19-35-22(2)3)36-30(34)21-38-31-28(18-32)27(24-10-8-7-9-11-24)17-29(33-31)25-14-12-23(4)13-15-25/h7-15,17,22,26H,5-6,16,19-21H2,1-4H3. The van der Waals surface area contributed by atoms with Gasteiger partial charge in [0.2, 0.25) is 0 Å². The van der Waals surface area contributed by atoms with Crippen LogP contribution in [-0.4, -0.2) is 47.0 Å². The zero-order valence-electron chi connectivity index (χ0n) is 22.6. The number of esters is 1. The smallest absolute Gasteiger partial charge is 0.316 e. The van der Waals surface area contributed by atoms with Crippen LogP contribution in [0.15, 0.2) is 65.7 Å². The first-order chi connectivity index (χ1) is 18.4. The molecule has 1 atom stereocenters. The molecule has 1 heterocycles. The summed E-state index contributed by atoms with van der Waals surface area (Å²) >= 11 is 3.02. The molecule has 1 unspecified atom stereocenters. The Labute approximate surface area is 235 Å². The van der Waals surface area contributed by atoms with Gasteiger partial charge < -0.3 is 9.47 Å². The van der Waals surface area contributed by atoms with Gasteiger partial charge in [0.1, 0.15) is 17.2 Å². The van der Waals surface area contributed by atoms with Crippen LogP contribution >= 0.6 is 23.5 Å². The minimum Gasteiger partial charge on any atom is -0.458 e. The van der Waals surface area contributed by atoms with Crippen LogP contribution in [0.25, 0.3) is 22.4 Å². The van der Waals surface area contributed by atoms with E-state index in [1.807, 2.05) is 81.4 Å². The Hall–Kier alpha value is -2.79. The third-order valence-corrected chi connectivity index (χ3v) is 7.85. The Bertz CT molecular complexity index is 1210. The minimum atomic E-state index is -0.337. The fraction of sp³-hybridized carbons (Fsp3) is 0.387. The molecule has 1 aromatic heterocycles. The van der Waals surface area contributed by atoms with Gasteiger partial charge in [0.15, 0.2) is 0 Å². The first-order valence-electron chi connectivity index (χ1n) is 13.0. The van der Waals surface area contributed by atoms with Gasteiger partial charge in [-0.3, -0.25) is 4.79 Å². The predicted octanol–water partition coefficient (Wildman–Crippen LogP) is 7.56. The van der Waals surface area contributed by atoms with E-state index < -0.39 is 0 Å². The summed E-state index contributed by atoms with van der Waals surface area (Å²) in [5.74, 6) is 1.46. The van der Waals surface area contributed by atoms with Gasteiger partial charge in [-0.15, -0.1) is 0 Å². The number of unbranched alkanes of at least 4 members (excludes halogenated alkanes) is 1. The lowest BCUT2D eigenvalue weighted by Crippen LogP contribution is -2.28. The van der Waals surface area contributed by atoms with Gasteiger partial charge in [-0.25, -0.2) is 4.98 Å². The van der Waals surface area contributed by atoms with Crippen LogP contribution in [-0.2, 0) is 14.3 Å². The first-order valence-corrected chi connectivity index (χ1v) is 15.1. The molecule has 0 aliphatic heterocycles. The fourth-order valence-corrected chi connectivity index (χ4v) is 5.55. The maximum absolute atomic E-state index is 12.9. The molecule has 0 aliphatic carbocycles. The number of thioether (sulfide) groups is 2. The number of aryl methyl sites for hydroxylation is 1. The Balaban J connectivity index is 1.82. The number of benzene rings is 2. The van der Waals surface area contributed by atoms with E-state index in [4.69, 9.17) is 14.5 Å². The second kappa shape index (κ2) is 15.6. The largest absolute Gasteiger partial charge is 0.458 e. The molecule has 0 amide bonds. The molecule has 38 heavy (non-hydrogen) atoms. The van der Waals surface area contributed by atoms with Crippen LogP contribution < -0.4 is 0 Å². The van der Waals surface area contributed by atoms with Crippen LogP contribution in [0.2, 0.25) is 0 Å². The van der Waals surface area contributed by atoms with E-state index in [-0.39, 0.29) is 23.9 Å². The Morgan fingerprint density at radius 3 is 2.47 bits per heavy atom. The van der Waals surface area contributed by atoms with Gasteiger partial charge in [0, 0.05) is 16.9 Å². The SMILES string of the molecule is CCCCSCC(COC(C)C)OC(=O)CSc1nc(-c2ccc(C)cc2)cc(-c2ccccc2)c1C#N. The molecule has 0 bridgehead atoms.